The molecule has 1 N–H and O–H groups in total. The first-order valence-electron chi connectivity index (χ1n) is 9.93. The molecule has 154 valence electrons. The van der Waals surface area contributed by atoms with Crippen LogP contribution in [0.3, 0.4) is 0 Å². The van der Waals surface area contributed by atoms with E-state index in [0.717, 1.165) is 29.8 Å². The number of benzene rings is 2. The Balaban J connectivity index is 2.05. The normalized spacial score (nSPS) is 12.3. The number of aliphatic hydroxyl groups is 1. The monoisotopic (exact) mass is 397 g/mol. The predicted octanol–water partition coefficient (Wildman–Crippen LogP) is 4.61. The molecule has 3 rings (SSSR count). The summed E-state index contributed by atoms with van der Waals surface area (Å²) < 4.78 is 21.9. The van der Waals surface area contributed by atoms with Crippen LogP contribution in [0.25, 0.3) is 11.3 Å². The van der Waals surface area contributed by atoms with Crippen LogP contribution in [0.4, 0.5) is 4.39 Å². The maximum absolute atomic E-state index is 14.2. The van der Waals surface area contributed by atoms with Crippen molar-refractivity contribution < 1.29 is 14.2 Å². The minimum atomic E-state index is -0.450. The summed E-state index contributed by atoms with van der Waals surface area (Å²) in [6.45, 7) is 5.79. The minimum Gasteiger partial charge on any atom is -0.436 e. The summed E-state index contributed by atoms with van der Waals surface area (Å²) in [5.74, 6) is 0.241. The Kier molecular flexibility index (Phi) is 7.01. The van der Waals surface area contributed by atoms with E-state index < -0.39 is 11.9 Å². The van der Waals surface area contributed by atoms with Gasteiger partial charge in [0.05, 0.1) is 11.7 Å². The topological polar surface area (TPSA) is 50.5 Å². The number of aromatic nitrogens is 2. The SMILES string of the molecule is CCCN(Cc1c(-c2ccccc2)nn(C)c1Oc1ccccc1F)CC(C)O. The average Bonchev–Trinajstić information content (AvgIpc) is 2.99. The van der Waals surface area contributed by atoms with Crippen molar-refractivity contribution in [3.63, 3.8) is 0 Å². The van der Waals surface area contributed by atoms with Crippen LogP contribution in [0.1, 0.15) is 25.8 Å². The molecule has 2 aromatic carbocycles. The van der Waals surface area contributed by atoms with Gasteiger partial charge in [-0.2, -0.15) is 5.10 Å². The zero-order chi connectivity index (χ0) is 20.8. The zero-order valence-corrected chi connectivity index (χ0v) is 17.2. The van der Waals surface area contributed by atoms with E-state index in [1.54, 1.807) is 36.9 Å². The van der Waals surface area contributed by atoms with Gasteiger partial charge < -0.3 is 9.84 Å². The minimum absolute atomic E-state index is 0.161. The lowest BCUT2D eigenvalue weighted by Crippen LogP contribution is -2.31. The molecule has 0 aliphatic heterocycles. The van der Waals surface area contributed by atoms with Crippen LogP contribution >= 0.6 is 0 Å². The second kappa shape index (κ2) is 9.67. The average molecular weight is 397 g/mol. The Morgan fingerprint density at radius 2 is 1.83 bits per heavy atom. The van der Waals surface area contributed by atoms with Crippen molar-refractivity contribution in [1.29, 1.82) is 0 Å². The fourth-order valence-electron chi connectivity index (χ4n) is 3.43. The number of ether oxygens (including phenoxy) is 1. The lowest BCUT2D eigenvalue weighted by molar-refractivity contribution is 0.122. The molecule has 0 fully saturated rings. The van der Waals surface area contributed by atoms with Gasteiger partial charge in [-0.05, 0) is 32.0 Å². The van der Waals surface area contributed by atoms with Crippen molar-refractivity contribution in [3.05, 3.63) is 66.0 Å². The molecule has 3 aromatic rings. The van der Waals surface area contributed by atoms with Crippen molar-refractivity contribution in [3.8, 4) is 22.9 Å². The molecule has 1 unspecified atom stereocenters. The Labute approximate surface area is 171 Å². The summed E-state index contributed by atoms with van der Waals surface area (Å²) in [6, 6.07) is 16.2. The number of para-hydroxylation sites is 1. The van der Waals surface area contributed by atoms with Gasteiger partial charge >= 0.3 is 0 Å². The molecule has 0 saturated carbocycles. The van der Waals surface area contributed by atoms with Gasteiger partial charge in [-0.3, -0.25) is 4.90 Å². The predicted molar refractivity (Wildman–Crippen MR) is 112 cm³/mol. The number of hydrogen-bond acceptors (Lipinski definition) is 4. The molecule has 0 spiro atoms. The molecule has 0 saturated heterocycles. The fourth-order valence-corrected chi connectivity index (χ4v) is 3.43. The zero-order valence-electron chi connectivity index (χ0n) is 17.2. The molecular formula is C23H28FN3O2. The highest BCUT2D eigenvalue weighted by Gasteiger charge is 2.23. The van der Waals surface area contributed by atoms with Crippen LogP contribution in [0, 0.1) is 5.82 Å². The standard InChI is InChI=1S/C23H28FN3O2/c1-4-14-27(15-17(2)28)16-19-22(18-10-6-5-7-11-18)25-26(3)23(19)29-21-13-9-8-12-20(21)24/h5-13,17,28H,4,14-16H2,1-3H3. The van der Waals surface area contributed by atoms with Crippen molar-refractivity contribution in [2.24, 2.45) is 7.05 Å². The van der Waals surface area contributed by atoms with Gasteiger partial charge in [-0.1, -0.05) is 49.4 Å². The molecule has 0 radical (unpaired) electrons. The number of rotatable bonds is 9. The second-order valence-electron chi connectivity index (χ2n) is 7.24. The first kappa shape index (κ1) is 21.0. The molecule has 29 heavy (non-hydrogen) atoms. The molecule has 1 aromatic heterocycles. The van der Waals surface area contributed by atoms with Crippen molar-refractivity contribution >= 4 is 0 Å². The van der Waals surface area contributed by atoms with Gasteiger partial charge in [0, 0.05) is 25.7 Å². The summed E-state index contributed by atoms with van der Waals surface area (Å²) in [5, 5.41) is 14.6. The van der Waals surface area contributed by atoms with Gasteiger partial charge in [0.1, 0.15) is 5.69 Å². The lowest BCUT2D eigenvalue weighted by Gasteiger charge is -2.23. The summed E-state index contributed by atoms with van der Waals surface area (Å²) >= 11 is 0. The molecule has 0 aliphatic rings. The van der Waals surface area contributed by atoms with Gasteiger partial charge in [0.2, 0.25) is 5.88 Å². The number of aliphatic hydroxyl groups excluding tert-OH is 1. The van der Waals surface area contributed by atoms with E-state index in [9.17, 15) is 9.50 Å². The molecule has 6 heteroatoms. The molecule has 0 amide bonds. The molecule has 1 atom stereocenters. The fraction of sp³-hybridized carbons (Fsp3) is 0.348. The highest BCUT2D eigenvalue weighted by molar-refractivity contribution is 5.65. The maximum Gasteiger partial charge on any atom is 0.222 e. The molecule has 5 nitrogen and oxygen atoms in total. The third kappa shape index (κ3) is 5.22. The third-order valence-electron chi connectivity index (χ3n) is 4.62. The summed E-state index contributed by atoms with van der Waals surface area (Å²) in [5.41, 5.74) is 2.64. The van der Waals surface area contributed by atoms with Crippen LogP contribution in [0.2, 0.25) is 0 Å². The van der Waals surface area contributed by atoms with Crippen molar-refractivity contribution in [2.75, 3.05) is 13.1 Å². The van der Waals surface area contributed by atoms with E-state index in [1.807, 2.05) is 30.3 Å². The van der Waals surface area contributed by atoms with E-state index in [2.05, 4.69) is 16.9 Å². The van der Waals surface area contributed by atoms with Crippen LogP contribution in [0.5, 0.6) is 11.6 Å². The Morgan fingerprint density at radius 1 is 1.14 bits per heavy atom. The molecular weight excluding hydrogens is 369 g/mol. The first-order chi connectivity index (χ1) is 14.0. The Morgan fingerprint density at radius 3 is 2.48 bits per heavy atom. The van der Waals surface area contributed by atoms with Crippen LogP contribution in [-0.2, 0) is 13.6 Å². The summed E-state index contributed by atoms with van der Waals surface area (Å²) in [7, 11) is 1.80. The van der Waals surface area contributed by atoms with E-state index in [0.29, 0.717) is 19.0 Å². The largest absolute Gasteiger partial charge is 0.436 e. The van der Waals surface area contributed by atoms with Gasteiger partial charge in [-0.15, -0.1) is 0 Å². The second-order valence-corrected chi connectivity index (χ2v) is 7.24. The smallest absolute Gasteiger partial charge is 0.222 e. The van der Waals surface area contributed by atoms with Crippen LogP contribution in [0.15, 0.2) is 54.6 Å². The number of hydrogen-bond donors (Lipinski definition) is 1. The summed E-state index contributed by atoms with van der Waals surface area (Å²) in [6.07, 6.45) is 0.506. The van der Waals surface area contributed by atoms with E-state index in [1.165, 1.54) is 6.07 Å². The lowest BCUT2D eigenvalue weighted by atomic mass is 10.1. The number of aryl methyl sites for hydroxylation is 1. The Hall–Kier alpha value is -2.70. The quantitative estimate of drug-likeness (QED) is 0.573. The van der Waals surface area contributed by atoms with Gasteiger partial charge in [0.15, 0.2) is 11.6 Å². The Bertz CT molecular complexity index is 925. The van der Waals surface area contributed by atoms with Crippen LogP contribution < -0.4 is 4.74 Å². The van der Waals surface area contributed by atoms with E-state index >= 15 is 0 Å². The highest BCUT2D eigenvalue weighted by atomic mass is 19.1. The third-order valence-corrected chi connectivity index (χ3v) is 4.62. The molecule has 0 bridgehead atoms. The number of halogens is 1. The first-order valence-corrected chi connectivity index (χ1v) is 9.93. The molecule has 1 heterocycles. The van der Waals surface area contributed by atoms with E-state index in [4.69, 9.17) is 4.74 Å². The van der Waals surface area contributed by atoms with Crippen LogP contribution in [-0.4, -0.2) is 39.0 Å². The highest BCUT2D eigenvalue weighted by Crippen LogP contribution is 2.34. The van der Waals surface area contributed by atoms with Crippen molar-refractivity contribution in [1.82, 2.24) is 14.7 Å². The van der Waals surface area contributed by atoms with E-state index in [-0.39, 0.29) is 5.75 Å². The van der Waals surface area contributed by atoms with Gasteiger partial charge in [0.25, 0.3) is 0 Å². The maximum atomic E-state index is 14.2. The summed E-state index contributed by atoms with van der Waals surface area (Å²) in [4.78, 5) is 2.17. The number of nitrogens with zero attached hydrogens (tertiary/aromatic N) is 3. The van der Waals surface area contributed by atoms with Crippen molar-refractivity contribution in [2.45, 2.75) is 32.9 Å². The van der Waals surface area contributed by atoms with Gasteiger partial charge in [-0.25, -0.2) is 9.07 Å². The molecule has 0 aliphatic carbocycles.